The number of imidazole rings is 1. The summed E-state index contributed by atoms with van der Waals surface area (Å²) in [6, 6.07) is 4.28. The maximum Gasteiger partial charge on any atom is 0.406 e. The van der Waals surface area contributed by atoms with Crippen LogP contribution in [0.25, 0.3) is 0 Å². The summed E-state index contributed by atoms with van der Waals surface area (Å²) in [5.74, 6) is -0.698. The van der Waals surface area contributed by atoms with Crippen molar-refractivity contribution in [3.05, 3.63) is 46.7 Å². The number of carbonyl (C=O) groups excluding carboxylic acids is 1. The van der Waals surface area contributed by atoms with Crippen molar-refractivity contribution in [1.29, 1.82) is 0 Å². The molecule has 0 aliphatic rings. The Hall–Kier alpha value is -1.94. The van der Waals surface area contributed by atoms with Crippen LogP contribution < -0.4 is 5.32 Å². The quantitative estimate of drug-likeness (QED) is 0.671. The molecular weight excluding hydrogens is 420 g/mol. The lowest BCUT2D eigenvalue weighted by Gasteiger charge is -2.18. The fourth-order valence-electron chi connectivity index (χ4n) is 2.25. The largest absolute Gasteiger partial charge is 0.406 e. The van der Waals surface area contributed by atoms with Crippen LogP contribution in [0, 0.1) is 5.82 Å². The highest BCUT2D eigenvalue weighted by Gasteiger charge is 2.28. The lowest BCUT2D eigenvalue weighted by Crippen LogP contribution is -2.27. The number of anilines is 1. The van der Waals surface area contributed by atoms with Crippen molar-refractivity contribution in [2.75, 3.05) is 18.9 Å². The van der Waals surface area contributed by atoms with E-state index >= 15 is 0 Å². The Labute approximate surface area is 156 Å². The maximum absolute atomic E-state index is 13.7. The standard InChI is InChI=1S/C16H17BrF4N4O/c1-24(9-14-22-5-7-25(14)10-16(19,20)21)6-4-15(26)23-13-3-2-11(17)8-12(13)18/h2-3,5,7-8H,4,6,9-10H2,1H3,(H,23,26). The average molecular weight is 437 g/mol. The van der Waals surface area contributed by atoms with Crippen LogP contribution in [0.5, 0.6) is 0 Å². The number of benzene rings is 1. The predicted molar refractivity (Wildman–Crippen MR) is 92.0 cm³/mol. The predicted octanol–water partition coefficient (Wildman–Crippen LogP) is 3.81. The van der Waals surface area contributed by atoms with Crippen molar-refractivity contribution in [3.63, 3.8) is 0 Å². The van der Waals surface area contributed by atoms with Crippen molar-refractivity contribution in [1.82, 2.24) is 14.5 Å². The summed E-state index contributed by atoms with van der Waals surface area (Å²) in [6.07, 6.45) is -1.70. The van der Waals surface area contributed by atoms with E-state index in [0.717, 1.165) is 4.57 Å². The minimum atomic E-state index is -4.33. The molecule has 0 radical (unpaired) electrons. The molecule has 1 amide bonds. The van der Waals surface area contributed by atoms with Gasteiger partial charge in [0.25, 0.3) is 0 Å². The van der Waals surface area contributed by atoms with E-state index in [1.807, 2.05) is 0 Å². The molecule has 2 rings (SSSR count). The number of hydrogen-bond donors (Lipinski definition) is 1. The molecule has 26 heavy (non-hydrogen) atoms. The van der Waals surface area contributed by atoms with Crippen LogP contribution >= 0.6 is 15.9 Å². The second-order valence-electron chi connectivity index (χ2n) is 5.75. The van der Waals surface area contributed by atoms with E-state index in [1.165, 1.54) is 24.5 Å². The number of amides is 1. The zero-order valence-corrected chi connectivity index (χ0v) is 15.4. The van der Waals surface area contributed by atoms with Gasteiger partial charge < -0.3 is 9.88 Å². The Morgan fingerprint density at radius 2 is 2.12 bits per heavy atom. The molecule has 1 heterocycles. The fourth-order valence-corrected chi connectivity index (χ4v) is 2.58. The Kier molecular flexibility index (Phi) is 6.76. The van der Waals surface area contributed by atoms with Crippen LogP contribution in [0.4, 0.5) is 23.2 Å². The van der Waals surface area contributed by atoms with Gasteiger partial charge in [-0.2, -0.15) is 13.2 Å². The van der Waals surface area contributed by atoms with E-state index in [2.05, 4.69) is 26.2 Å². The van der Waals surface area contributed by atoms with Crippen molar-refractivity contribution in [3.8, 4) is 0 Å². The van der Waals surface area contributed by atoms with E-state index < -0.39 is 24.4 Å². The summed E-state index contributed by atoms with van der Waals surface area (Å²) in [6.45, 7) is -0.675. The van der Waals surface area contributed by atoms with Gasteiger partial charge in [-0.3, -0.25) is 9.69 Å². The lowest BCUT2D eigenvalue weighted by atomic mass is 10.3. The molecule has 2 aromatic rings. The summed E-state index contributed by atoms with van der Waals surface area (Å²) in [5.41, 5.74) is 0.0709. The van der Waals surface area contributed by atoms with Gasteiger partial charge in [0.15, 0.2) is 0 Å². The summed E-state index contributed by atoms with van der Waals surface area (Å²) in [5, 5.41) is 2.46. The highest BCUT2D eigenvalue weighted by atomic mass is 79.9. The number of rotatable bonds is 7. The zero-order valence-electron chi connectivity index (χ0n) is 13.9. The van der Waals surface area contributed by atoms with Crippen molar-refractivity contribution in [2.24, 2.45) is 0 Å². The molecule has 0 spiro atoms. The van der Waals surface area contributed by atoms with Gasteiger partial charge in [-0.1, -0.05) is 15.9 Å². The molecule has 10 heteroatoms. The van der Waals surface area contributed by atoms with E-state index in [-0.39, 0.29) is 31.0 Å². The molecule has 1 N–H and O–H groups in total. The number of nitrogens with zero attached hydrogens (tertiary/aromatic N) is 3. The molecule has 0 saturated carbocycles. The SMILES string of the molecule is CN(CCC(=O)Nc1ccc(Br)cc1F)Cc1nccn1CC(F)(F)F. The number of nitrogens with one attached hydrogen (secondary N) is 1. The Morgan fingerprint density at radius 1 is 1.38 bits per heavy atom. The fraction of sp³-hybridized carbons (Fsp3) is 0.375. The summed E-state index contributed by atoms with van der Waals surface area (Å²) >= 11 is 3.13. The van der Waals surface area contributed by atoms with Crippen molar-refractivity contribution < 1.29 is 22.4 Å². The first-order chi connectivity index (χ1) is 12.1. The van der Waals surface area contributed by atoms with Crippen LogP contribution in [0.2, 0.25) is 0 Å². The van der Waals surface area contributed by atoms with Gasteiger partial charge in [0.1, 0.15) is 18.2 Å². The molecule has 0 unspecified atom stereocenters. The normalized spacial score (nSPS) is 11.8. The molecule has 1 aromatic carbocycles. The zero-order chi connectivity index (χ0) is 19.3. The average Bonchev–Trinajstić information content (AvgIpc) is 2.93. The monoisotopic (exact) mass is 436 g/mol. The van der Waals surface area contributed by atoms with Crippen LogP contribution in [0.1, 0.15) is 12.2 Å². The third kappa shape index (κ3) is 6.41. The second-order valence-corrected chi connectivity index (χ2v) is 6.66. The second kappa shape index (κ2) is 8.63. The van der Waals surface area contributed by atoms with Crippen LogP contribution in [0.15, 0.2) is 35.1 Å². The number of hydrogen-bond acceptors (Lipinski definition) is 3. The smallest absolute Gasteiger partial charge is 0.325 e. The van der Waals surface area contributed by atoms with Gasteiger partial charge in [-0.05, 0) is 25.2 Å². The van der Waals surface area contributed by atoms with E-state index in [9.17, 15) is 22.4 Å². The van der Waals surface area contributed by atoms with E-state index in [1.54, 1.807) is 18.0 Å². The highest BCUT2D eigenvalue weighted by Crippen LogP contribution is 2.20. The summed E-state index contributed by atoms with van der Waals surface area (Å²) in [4.78, 5) is 17.5. The first kappa shape index (κ1) is 20.4. The Morgan fingerprint density at radius 3 is 2.77 bits per heavy atom. The molecule has 0 aliphatic heterocycles. The van der Waals surface area contributed by atoms with E-state index in [4.69, 9.17) is 0 Å². The van der Waals surface area contributed by atoms with Gasteiger partial charge in [0.05, 0.1) is 12.2 Å². The van der Waals surface area contributed by atoms with Gasteiger partial charge in [-0.25, -0.2) is 9.37 Å². The number of carbonyl (C=O) groups is 1. The van der Waals surface area contributed by atoms with Gasteiger partial charge in [0, 0.05) is 29.8 Å². The Bertz CT molecular complexity index is 763. The minimum absolute atomic E-state index is 0.0615. The van der Waals surface area contributed by atoms with Gasteiger partial charge in [-0.15, -0.1) is 0 Å². The number of aromatic nitrogens is 2. The number of alkyl halides is 3. The van der Waals surface area contributed by atoms with Crippen LogP contribution in [-0.2, 0) is 17.9 Å². The minimum Gasteiger partial charge on any atom is -0.325 e. The first-order valence-corrected chi connectivity index (χ1v) is 8.43. The third-order valence-electron chi connectivity index (χ3n) is 3.49. The van der Waals surface area contributed by atoms with Crippen LogP contribution in [-0.4, -0.2) is 40.1 Å². The lowest BCUT2D eigenvalue weighted by molar-refractivity contribution is -0.141. The molecule has 0 bridgehead atoms. The molecule has 0 aliphatic carbocycles. The first-order valence-electron chi connectivity index (χ1n) is 7.64. The van der Waals surface area contributed by atoms with Crippen molar-refractivity contribution >= 4 is 27.5 Å². The molecule has 0 atom stereocenters. The molecule has 0 saturated heterocycles. The van der Waals surface area contributed by atoms with Gasteiger partial charge in [0.2, 0.25) is 5.91 Å². The summed E-state index contributed by atoms with van der Waals surface area (Å²) < 4.78 is 52.8. The highest BCUT2D eigenvalue weighted by molar-refractivity contribution is 9.10. The van der Waals surface area contributed by atoms with E-state index in [0.29, 0.717) is 4.47 Å². The molecule has 5 nitrogen and oxygen atoms in total. The maximum atomic E-state index is 13.7. The van der Waals surface area contributed by atoms with Crippen LogP contribution in [0.3, 0.4) is 0 Å². The third-order valence-corrected chi connectivity index (χ3v) is 3.98. The van der Waals surface area contributed by atoms with Crippen molar-refractivity contribution in [2.45, 2.75) is 25.7 Å². The molecule has 1 aromatic heterocycles. The topological polar surface area (TPSA) is 50.2 Å². The molecule has 142 valence electrons. The number of halogens is 5. The molecular formula is C16H17BrF4N4O. The Balaban J connectivity index is 1.84. The van der Waals surface area contributed by atoms with Gasteiger partial charge >= 0.3 is 6.18 Å². The molecule has 0 fully saturated rings. The summed E-state index contributed by atoms with van der Waals surface area (Å²) in [7, 11) is 1.67.